The van der Waals surface area contributed by atoms with Gasteiger partial charge in [-0.15, -0.1) is 0 Å². The summed E-state index contributed by atoms with van der Waals surface area (Å²) in [7, 11) is 0. The van der Waals surface area contributed by atoms with Crippen molar-refractivity contribution in [1.29, 1.82) is 0 Å². The van der Waals surface area contributed by atoms with E-state index in [9.17, 15) is 14.5 Å². The van der Waals surface area contributed by atoms with Crippen LogP contribution < -0.4 is 10.1 Å². The molecule has 0 saturated heterocycles. The number of nitrogens with zero attached hydrogens (tertiary/aromatic N) is 3. The molecule has 24 heavy (non-hydrogen) atoms. The Morgan fingerprint density at radius 2 is 1.75 bits per heavy atom. The van der Waals surface area contributed by atoms with E-state index in [4.69, 9.17) is 4.74 Å². The number of benzene rings is 2. The predicted molar refractivity (Wildman–Crippen MR) is 84.9 cm³/mol. The number of halogens is 1. The molecule has 0 fully saturated rings. The molecule has 0 aliphatic heterocycles. The second-order valence-corrected chi connectivity index (χ2v) is 4.65. The van der Waals surface area contributed by atoms with Crippen LogP contribution in [0.5, 0.6) is 11.6 Å². The average molecular weight is 326 g/mol. The minimum atomic E-state index is -0.679. The molecule has 0 unspecified atom stereocenters. The lowest BCUT2D eigenvalue weighted by molar-refractivity contribution is -0.385. The molecule has 0 amide bonds. The van der Waals surface area contributed by atoms with Crippen LogP contribution in [0.4, 0.5) is 21.6 Å². The van der Waals surface area contributed by atoms with E-state index in [1.54, 1.807) is 36.4 Å². The molecule has 3 rings (SSSR count). The number of rotatable bonds is 5. The molecule has 1 N–H and O–H groups in total. The number of anilines is 2. The molecule has 7 nitrogen and oxygen atoms in total. The Kier molecular flexibility index (Phi) is 4.28. The standard InChI is InChI=1S/C16H11FN4O3/c17-12-8-4-5-9-13(12)20-15-14(21(22)23)16(19-10-18-15)24-11-6-2-1-3-7-11/h1-10H,(H,18,19,20). The number of para-hydroxylation sites is 2. The summed E-state index contributed by atoms with van der Waals surface area (Å²) in [6, 6.07) is 14.3. The van der Waals surface area contributed by atoms with Crippen molar-refractivity contribution in [3.63, 3.8) is 0 Å². The SMILES string of the molecule is O=[N+]([O-])c1c(Nc2ccccc2F)ncnc1Oc1ccccc1. The topological polar surface area (TPSA) is 90.2 Å². The van der Waals surface area contributed by atoms with Gasteiger partial charge in [0.15, 0.2) is 0 Å². The lowest BCUT2D eigenvalue weighted by atomic mass is 10.3. The van der Waals surface area contributed by atoms with Crippen molar-refractivity contribution >= 4 is 17.2 Å². The highest BCUT2D eigenvalue weighted by Crippen LogP contribution is 2.35. The molecule has 120 valence electrons. The van der Waals surface area contributed by atoms with Crippen molar-refractivity contribution in [3.8, 4) is 11.6 Å². The number of hydrogen-bond donors (Lipinski definition) is 1. The molecule has 0 aliphatic rings. The van der Waals surface area contributed by atoms with Gasteiger partial charge in [0.1, 0.15) is 17.9 Å². The van der Waals surface area contributed by atoms with Crippen molar-refractivity contribution in [2.24, 2.45) is 0 Å². The molecule has 0 saturated carbocycles. The van der Waals surface area contributed by atoms with Crippen molar-refractivity contribution in [1.82, 2.24) is 9.97 Å². The Hall–Kier alpha value is -3.55. The fraction of sp³-hybridized carbons (Fsp3) is 0. The lowest BCUT2D eigenvalue weighted by Crippen LogP contribution is -2.04. The van der Waals surface area contributed by atoms with E-state index in [2.05, 4.69) is 15.3 Å². The van der Waals surface area contributed by atoms with Gasteiger partial charge in [0, 0.05) is 0 Å². The first-order valence-corrected chi connectivity index (χ1v) is 6.89. The maximum Gasteiger partial charge on any atom is 0.373 e. The van der Waals surface area contributed by atoms with E-state index >= 15 is 0 Å². The second-order valence-electron chi connectivity index (χ2n) is 4.65. The predicted octanol–water partition coefficient (Wildman–Crippen LogP) is 4.06. The summed E-state index contributed by atoms with van der Waals surface area (Å²) < 4.78 is 19.2. The second kappa shape index (κ2) is 6.69. The van der Waals surface area contributed by atoms with Gasteiger partial charge in [0.2, 0.25) is 5.82 Å². The van der Waals surface area contributed by atoms with Gasteiger partial charge in [-0.1, -0.05) is 30.3 Å². The van der Waals surface area contributed by atoms with Crippen LogP contribution in [0.2, 0.25) is 0 Å². The van der Waals surface area contributed by atoms with Crippen LogP contribution in [-0.4, -0.2) is 14.9 Å². The van der Waals surface area contributed by atoms with Gasteiger partial charge in [-0.25, -0.2) is 9.37 Å². The first-order valence-electron chi connectivity index (χ1n) is 6.89. The van der Waals surface area contributed by atoms with Gasteiger partial charge < -0.3 is 10.1 Å². The molecule has 1 heterocycles. The van der Waals surface area contributed by atoms with Gasteiger partial charge in [0.25, 0.3) is 0 Å². The van der Waals surface area contributed by atoms with Crippen molar-refractivity contribution in [2.75, 3.05) is 5.32 Å². The van der Waals surface area contributed by atoms with Crippen LogP contribution in [0.3, 0.4) is 0 Å². The van der Waals surface area contributed by atoms with Gasteiger partial charge in [0.05, 0.1) is 10.6 Å². The van der Waals surface area contributed by atoms with Gasteiger partial charge in [-0.2, -0.15) is 4.98 Å². The molecular formula is C16H11FN4O3. The van der Waals surface area contributed by atoms with Gasteiger partial charge >= 0.3 is 11.6 Å². The quantitative estimate of drug-likeness (QED) is 0.561. The van der Waals surface area contributed by atoms with E-state index < -0.39 is 16.4 Å². The summed E-state index contributed by atoms with van der Waals surface area (Å²) in [6.45, 7) is 0. The summed E-state index contributed by atoms with van der Waals surface area (Å²) in [5.74, 6) is -0.571. The molecule has 0 atom stereocenters. The maximum absolute atomic E-state index is 13.7. The monoisotopic (exact) mass is 326 g/mol. The lowest BCUT2D eigenvalue weighted by Gasteiger charge is -2.09. The Morgan fingerprint density at radius 3 is 2.46 bits per heavy atom. The third-order valence-electron chi connectivity index (χ3n) is 3.06. The molecule has 2 aromatic carbocycles. The van der Waals surface area contributed by atoms with Crippen molar-refractivity contribution < 1.29 is 14.1 Å². The minimum absolute atomic E-state index is 0.0601. The minimum Gasteiger partial charge on any atom is -0.434 e. The molecule has 3 aromatic rings. The molecule has 8 heteroatoms. The highest BCUT2D eigenvalue weighted by Gasteiger charge is 2.25. The summed E-state index contributed by atoms with van der Waals surface area (Å²) in [4.78, 5) is 18.4. The van der Waals surface area contributed by atoms with Crippen molar-refractivity contribution in [3.05, 3.63) is 76.9 Å². The molecule has 0 bridgehead atoms. The van der Waals surface area contributed by atoms with Crippen LogP contribution in [-0.2, 0) is 0 Å². The Labute approximate surface area is 135 Å². The van der Waals surface area contributed by atoms with Gasteiger partial charge in [-0.3, -0.25) is 10.1 Å². The number of nitro groups is 1. The van der Waals surface area contributed by atoms with E-state index in [0.717, 1.165) is 6.33 Å². The zero-order chi connectivity index (χ0) is 16.9. The van der Waals surface area contributed by atoms with E-state index in [1.165, 1.54) is 18.2 Å². The molecule has 1 aromatic heterocycles. The average Bonchev–Trinajstić information content (AvgIpc) is 2.58. The highest BCUT2D eigenvalue weighted by molar-refractivity contribution is 5.69. The van der Waals surface area contributed by atoms with Crippen LogP contribution in [0, 0.1) is 15.9 Å². The number of nitrogens with one attached hydrogen (secondary N) is 1. The molecule has 0 radical (unpaired) electrons. The van der Waals surface area contributed by atoms with E-state index in [-0.39, 0.29) is 17.4 Å². The van der Waals surface area contributed by atoms with Gasteiger partial charge in [-0.05, 0) is 24.3 Å². The summed E-state index contributed by atoms with van der Waals surface area (Å²) in [5.41, 5.74) is -0.422. The highest BCUT2D eigenvalue weighted by atomic mass is 19.1. The third-order valence-corrected chi connectivity index (χ3v) is 3.06. The first-order chi connectivity index (χ1) is 11.6. The maximum atomic E-state index is 13.7. The summed E-state index contributed by atoms with van der Waals surface area (Å²) in [5, 5.41) is 14.0. The van der Waals surface area contributed by atoms with Crippen LogP contribution in [0.15, 0.2) is 60.9 Å². The molecular weight excluding hydrogens is 315 g/mol. The Bertz CT molecular complexity index is 874. The fourth-order valence-corrected chi connectivity index (χ4v) is 1.98. The molecule has 0 aliphatic carbocycles. The smallest absolute Gasteiger partial charge is 0.373 e. The molecule has 0 spiro atoms. The van der Waals surface area contributed by atoms with Crippen LogP contribution in [0.25, 0.3) is 0 Å². The van der Waals surface area contributed by atoms with E-state index in [0.29, 0.717) is 5.75 Å². The van der Waals surface area contributed by atoms with E-state index in [1.807, 2.05) is 0 Å². The van der Waals surface area contributed by atoms with Crippen molar-refractivity contribution in [2.45, 2.75) is 0 Å². The van der Waals surface area contributed by atoms with Crippen LogP contribution in [0.1, 0.15) is 0 Å². The summed E-state index contributed by atoms with van der Waals surface area (Å²) >= 11 is 0. The summed E-state index contributed by atoms with van der Waals surface area (Å²) in [6.07, 6.45) is 1.11. The zero-order valence-electron chi connectivity index (χ0n) is 12.2. The third kappa shape index (κ3) is 3.27. The Balaban J connectivity index is 1.99. The zero-order valence-corrected chi connectivity index (χ0v) is 12.2. The Morgan fingerprint density at radius 1 is 1.04 bits per heavy atom. The normalized spacial score (nSPS) is 10.2. The number of hydrogen-bond acceptors (Lipinski definition) is 6. The fourth-order valence-electron chi connectivity index (χ4n) is 1.98. The number of ether oxygens (including phenoxy) is 1. The first kappa shape index (κ1) is 15.3. The largest absolute Gasteiger partial charge is 0.434 e. The van der Waals surface area contributed by atoms with Crippen LogP contribution >= 0.6 is 0 Å². The number of aromatic nitrogens is 2.